The van der Waals surface area contributed by atoms with E-state index in [4.69, 9.17) is 4.74 Å². The molecule has 118 valence electrons. The van der Waals surface area contributed by atoms with Crippen LogP contribution in [-0.4, -0.2) is 11.8 Å². The molecule has 0 bridgehead atoms. The van der Waals surface area contributed by atoms with Crippen LogP contribution in [-0.2, 0) is 0 Å². The maximum Gasteiger partial charge on any atom is 0.343 e. The van der Waals surface area contributed by atoms with Gasteiger partial charge in [0, 0.05) is 15.6 Å². The van der Waals surface area contributed by atoms with Crippen LogP contribution in [0.25, 0.3) is 0 Å². The van der Waals surface area contributed by atoms with Crippen LogP contribution in [0.4, 0.5) is 0 Å². The number of ether oxygens (including phenoxy) is 1. The second kappa shape index (κ2) is 7.23. The van der Waals surface area contributed by atoms with Crippen molar-refractivity contribution in [1.82, 2.24) is 0 Å². The van der Waals surface area contributed by atoms with E-state index in [2.05, 4.69) is 15.9 Å². The molecule has 0 aliphatic carbocycles. The number of hydrogen-bond acceptors (Lipinski definition) is 3. The van der Waals surface area contributed by atoms with Gasteiger partial charge in [-0.3, -0.25) is 4.79 Å². The maximum atomic E-state index is 12.3. The van der Waals surface area contributed by atoms with Crippen LogP contribution >= 0.6 is 15.9 Å². The van der Waals surface area contributed by atoms with E-state index in [0.717, 1.165) is 4.47 Å². The first kappa shape index (κ1) is 16.1. The minimum atomic E-state index is -0.446. The van der Waals surface area contributed by atoms with E-state index in [9.17, 15) is 9.59 Å². The number of carbonyl (C=O) groups excluding carboxylic acids is 2. The average Bonchev–Trinajstić information content (AvgIpc) is 2.62. The minimum Gasteiger partial charge on any atom is -0.423 e. The average molecular weight is 381 g/mol. The molecule has 0 atom stereocenters. The molecular formula is C20H13BrO3. The topological polar surface area (TPSA) is 43.4 Å². The van der Waals surface area contributed by atoms with Gasteiger partial charge < -0.3 is 4.74 Å². The number of rotatable bonds is 4. The van der Waals surface area contributed by atoms with Gasteiger partial charge in [-0.15, -0.1) is 0 Å². The number of carbonyl (C=O) groups is 2. The Morgan fingerprint density at radius 2 is 1.33 bits per heavy atom. The van der Waals surface area contributed by atoms with Gasteiger partial charge in [0.1, 0.15) is 5.75 Å². The molecule has 0 N–H and O–H groups in total. The van der Waals surface area contributed by atoms with Crippen molar-refractivity contribution in [3.8, 4) is 5.75 Å². The summed E-state index contributed by atoms with van der Waals surface area (Å²) >= 11 is 3.32. The van der Waals surface area contributed by atoms with E-state index in [1.54, 1.807) is 54.6 Å². The SMILES string of the molecule is O=C(Oc1ccc(C(=O)c2ccccc2)cc1)c1cccc(Br)c1. The van der Waals surface area contributed by atoms with Crippen molar-refractivity contribution in [3.05, 3.63) is 100 Å². The van der Waals surface area contributed by atoms with Gasteiger partial charge in [-0.05, 0) is 42.5 Å². The van der Waals surface area contributed by atoms with E-state index >= 15 is 0 Å². The smallest absolute Gasteiger partial charge is 0.343 e. The predicted octanol–water partition coefficient (Wildman–Crippen LogP) is 4.90. The van der Waals surface area contributed by atoms with Crippen molar-refractivity contribution in [3.63, 3.8) is 0 Å². The first-order chi connectivity index (χ1) is 11.6. The van der Waals surface area contributed by atoms with Crippen molar-refractivity contribution in [2.75, 3.05) is 0 Å². The zero-order valence-corrected chi connectivity index (χ0v) is 14.2. The predicted molar refractivity (Wildman–Crippen MR) is 95.4 cm³/mol. The van der Waals surface area contributed by atoms with Crippen molar-refractivity contribution < 1.29 is 14.3 Å². The summed E-state index contributed by atoms with van der Waals surface area (Å²) in [6.07, 6.45) is 0. The van der Waals surface area contributed by atoms with E-state index in [-0.39, 0.29) is 5.78 Å². The molecule has 0 aliphatic heterocycles. The van der Waals surface area contributed by atoms with Gasteiger partial charge in [0.15, 0.2) is 5.78 Å². The van der Waals surface area contributed by atoms with Crippen LogP contribution < -0.4 is 4.74 Å². The molecule has 3 aromatic rings. The van der Waals surface area contributed by atoms with Crippen molar-refractivity contribution in [1.29, 1.82) is 0 Å². The lowest BCUT2D eigenvalue weighted by Gasteiger charge is -2.06. The van der Waals surface area contributed by atoms with Crippen molar-refractivity contribution >= 4 is 27.7 Å². The maximum absolute atomic E-state index is 12.3. The van der Waals surface area contributed by atoms with Gasteiger partial charge in [-0.2, -0.15) is 0 Å². The van der Waals surface area contributed by atoms with E-state index in [0.29, 0.717) is 22.4 Å². The standard InChI is InChI=1S/C20H13BrO3/c21-17-8-4-7-16(13-17)20(23)24-18-11-9-15(10-12-18)19(22)14-5-2-1-3-6-14/h1-13H. The van der Waals surface area contributed by atoms with E-state index < -0.39 is 5.97 Å². The lowest BCUT2D eigenvalue weighted by molar-refractivity contribution is 0.0734. The van der Waals surface area contributed by atoms with Gasteiger partial charge in [0.2, 0.25) is 0 Å². The largest absolute Gasteiger partial charge is 0.423 e. The molecule has 0 fully saturated rings. The third kappa shape index (κ3) is 3.78. The van der Waals surface area contributed by atoms with Crippen LogP contribution in [0.2, 0.25) is 0 Å². The molecular weight excluding hydrogens is 368 g/mol. The molecule has 3 rings (SSSR count). The highest BCUT2D eigenvalue weighted by Gasteiger charge is 2.11. The Balaban J connectivity index is 1.73. The van der Waals surface area contributed by atoms with Crippen molar-refractivity contribution in [2.45, 2.75) is 0 Å². The molecule has 0 aliphatic rings. The summed E-state index contributed by atoms with van der Waals surface area (Å²) in [5, 5.41) is 0. The molecule has 0 saturated heterocycles. The molecule has 24 heavy (non-hydrogen) atoms. The van der Waals surface area contributed by atoms with E-state index in [1.165, 1.54) is 0 Å². The Morgan fingerprint density at radius 1 is 0.708 bits per heavy atom. The Bertz CT molecular complexity index is 871. The van der Waals surface area contributed by atoms with Crippen LogP contribution in [0.15, 0.2) is 83.3 Å². The lowest BCUT2D eigenvalue weighted by atomic mass is 10.0. The molecule has 0 radical (unpaired) electrons. The molecule has 3 nitrogen and oxygen atoms in total. The highest BCUT2D eigenvalue weighted by atomic mass is 79.9. The summed E-state index contributed by atoms with van der Waals surface area (Å²) in [5.74, 6) is -0.122. The number of ketones is 1. The molecule has 0 heterocycles. The van der Waals surface area contributed by atoms with Gasteiger partial charge in [-0.25, -0.2) is 4.79 Å². The second-order valence-electron chi connectivity index (χ2n) is 5.12. The normalized spacial score (nSPS) is 10.2. The molecule has 0 aromatic heterocycles. The Labute approximate surface area is 148 Å². The fourth-order valence-corrected chi connectivity index (χ4v) is 2.61. The molecule has 0 amide bonds. The zero-order valence-electron chi connectivity index (χ0n) is 12.6. The fraction of sp³-hybridized carbons (Fsp3) is 0. The first-order valence-electron chi connectivity index (χ1n) is 7.31. The van der Waals surface area contributed by atoms with Crippen LogP contribution in [0.3, 0.4) is 0 Å². The molecule has 0 spiro atoms. The second-order valence-corrected chi connectivity index (χ2v) is 6.04. The van der Waals surface area contributed by atoms with E-state index in [1.807, 2.05) is 24.3 Å². The summed E-state index contributed by atoms with van der Waals surface area (Å²) in [5.41, 5.74) is 1.62. The quantitative estimate of drug-likeness (QED) is 0.367. The Morgan fingerprint density at radius 3 is 2.00 bits per heavy atom. The van der Waals surface area contributed by atoms with Gasteiger partial charge >= 0.3 is 5.97 Å². The summed E-state index contributed by atoms with van der Waals surface area (Å²) in [6.45, 7) is 0. The minimum absolute atomic E-state index is 0.0690. The summed E-state index contributed by atoms with van der Waals surface area (Å²) in [4.78, 5) is 24.4. The first-order valence-corrected chi connectivity index (χ1v) is 8.10. The Hall–Kier alpha value is -2.72. The van der Waals surface area contributed by atoms with Gasteiger partial charge in [0.25, 0.3) is 0 Å². The number of esters is 1. The molecule has 0 saturated carbocycles. The Kier molecular flexibility index (Phi) is 4.87. The van der Waals surface area contributed by atoms with Crippen LogP contribution in [0.5, 0.6) is 5.75 Å². The molecule has 4 heteroatoms. The zero-order chi connectivity index (χ0) is 16.9. The number of hydrogen-bond donors (Lipinski definition) is 0. The molecule has 0 unspecified atom stereocenters. The van der Waals surface area contributed by atoms with Gasteiger partial charge in [-0.1, -0.05) is 52.3 Å². The van der Waals surface area contributed by atoms with Crippen LogP contribution in [0.1, 0.15) is 26.3 Å². The lowest BCUT2D eigenvalue weighted by Crippen LogP contribution is -2.08. The van der Waals surface area contributed by atoms with Crippen molar-refractivity contribution in [2.24, 2.45) is 0 Å². The monoisotopic (exact) mass is 380 g/mol. The third-order valence-corrected chi connectivity index (χ3v) is 3.92. The highest BCUT2D eigenvalue weighted by molar-refractivity contribution is 9.10. The summed E-state index contributed by atoms with van der Waals surface area (Å²) in [7, 11) is 0. The summed E-state index contributed by atoms with van der Waals surface area (Å²) < 4.78 is 6.13. The van der Waals surface area contributed by atoms with Gasteiger partial charge in [0.05, 0.1) is 5.56 Å². The third-order valence-electron chi connectivity index (χ3n) is 3.42. The number of benzene rings is 3. The van der Waals surface area contributed by atoms with Crippen LogP contribution in [0, 0.1) is 0 Å². The highest BCUT2D eigenvalue weighted by Crippen LogP contribution is 2.18. The number of halogens is 1. The fourth-order valence-electron chi connectivity index (χ4n) is 2.21. The molecule has 3 aromatic carbocycles. The summed E-state index contributed by atoms with van der Waals surface area (Å²) in [6, 6.07) is 22.5.